The molecule has 0 saturated heterocycles. The van der Waals surface area contributed by atoms with Crippen LogP contribution in [0, 0.1) is 0 Å². The Morgan fingerprint density at radius 2 is 0.786 bits per heavy atom. The Hall–Kier alpha value is 1.76. The molecule has 0 aromatic carbocycles. The Labute approximate surface area is 130 Å². The summed E-state index contributed by atoms with van der Waals surface area (Å²) in [6.45, 7) is 0. The SMILES string of the molecule is Cl.N.O=S(=O)(O)O.O=S(=O)(O)O.[H-].[H-].[H-].[Mg+2].[Na+]. The number of rotatable bonds is 0. The predicted molar refractivity (Wildman–Crippen MR) is 49.7 cm³/mol. The van der Waals surface area contributed by atoms with Crippen LogP contribution in [0.1, 0.15) is 4.28 Å². The van der Waals surface area contributed by atoms with Crippen LogP contribution in [-0.2, 0) is 20.8 Å². The molecule has 7 N–H and O–H groups in total. The first-order valence-corrected chi connectivity index (χ1v) is 4.19. The Morgan fingerprint density at radius 3 is 0.786 bits per heavy atom. The molecule has 0 fully saturated rings. The van der Waals surface area contributed by atoms with E-state index in [-0.39, 0.29) is 75.4 Å². The second-order valence-electron chi connectivity index (χ2n) is 0.896. The van der Waals surface area contributed by atoms with E-state index in [1.165, 1.54) is 0 Å². The molecule has 0 unspecified atom stereocenters. The van der Waals surface area contributed by atoms with E-state index in [4.69, 9.17) is 35.0 Å². The van der Waals surface area contributed by atoms with Crippen molar-refractivity contribution in [2.45, 2.75) is 0 Å². The third kappa shape index (κ3) is 726. The number of hydrogen-bond acceptors (Lipinski definition) is 5. The van der Waals surface area contributed by atoms with Crippen LogP contribution >= 0.6 is 12.4 Å². The first kappa shape index (κ1) is 36.0. The van der Waals surface area contributed by atoms with E-state index in [2.05, 4.69) is 0 Å². The van der Waals surface area contributed by atoms with Crippen molar-refractivity contribution in [2.75, 3.05) is 0 Å². The largest absolute Gasteiger partial charge is 2.00 e. The fraction of sp³-hybridized carbons (Fsp3) is 0. The van der Waals surface area contributed by atoms with Gasteiger partial charge in [0.25, 0.3) is 0 Å². The molecule has 14 heteroatoms. The second kappa shape index (κ2) is 14.8. The molecule has 0 rings (SSSR count). The molecule has 0 aromatic heterocycles. The first-order chi connectivity index (χ1) is 4.00. The van der Waals surface area contributed by atoms with Crippen molar-refractivity contribution in [3.8, 4) is 0 Å². The third-order valence-electron chi connectivity index (χ3n) is 0. The van der Waals surface area contributed by atoms with Crippen LogP contribution in [0.4, 0.5) is 0 Å². The van der Waals surface area contributed by atoms with Gasteiger partial charge in [0.2, 0.25) is 0 Å². The van der Waals surface area contributed by atoms with Crippen LogP contribution in [0.5, 0.6) is 0 Å². The molecule has 0 aliphatic rings. The quantitative estimate of drug-likeness (QED) is 0.221. The normalized spacial score (nSPS) is 8.29. The summed E-state index contributed by atoms with van der Waals surface area (Å²) in [7, 11) is -9.33. The predicted octanol–water partition coefficient (Wildman–Crippen LogP) is -3.76. The Kier molecular flexibility index (Phi) is 38.0. The van der Waals surface area contributed by atoms with Crippen molar-refractivity contribution in [3.05, 3.63) is 0 Å². The molecular weight excluding hydrogens is 289 g/mol. The molecule has 0 heterocycles. The van der Waals surface area contributed by atoms with Crippen molar-refractivity contribution < 1.29 is 68.9 Å². The average Bonchev–Trinajstić information content (AvgIpc) is 1.12. The molecule has 0 saturated carbocycles. The monoisotopic (exact) mass is 299 g/mol. The molecule has 0 aliphatic heterocycles. The molecule has 0 aliphatic carbocycles. The van der Waals surface area contributed by atoms with Gasteiger partial charge in [0.1, 0.15) is 0 Å². The Bertz CT molecular complexity index is 235. The van der Waals surface area contributed by atoms with E-state index >= 15 is 0 Å². The minimum absolute atomic E-state index is 0. The molecular formula is H11ClMgNNaO8S2. The van der Waals surface area contributed by atoms with E-state index in [9.17, 15) is 0 Å². The fourth-order valence-electron chi connectivity index (χ4n) is 0. The minimum Gasteiger partial charge on any atom is -1.00 e. The molecule has 0 bridgehead atoms. The summed E-state index contributed by atoms with van der Waals surface area (Å²) in [5.74, 6) is 0. The summed E-state index contributed by atoms with van der Waals surface area (Å²) in [5, 5.41) is 0. The molecule has 0 amide bonds. The van der Waals surface area contributed by atoms with Crippen molar-refractivity contribution in [2.24, 2.45) is 0 Å². The van der Waals surface area contributed by atoms with Gasteiger partial charge in [0.15, 0.2) is 0 Å². The van der Waals surface area contributed by atoms with Crippen molar-refractivity contribution in [3.63, 3.8) is 0 Å². The van der Waals surface area contributed by atoms with Crippen LogP contribution in [0.3, 0.4) is 0 Å². The molecule has 0 aromatic rings. The van der Waals surface area contributed by atoms with Crippen molar-refractivity contribution in [1.29, 1.82) is 0 Å². The minimum atomic E-state index is -4.67. The van der Waals surface area contributed by atoms with Gasteiger partial charge in [-0.15, -0.1) is 12.4 Å². The maximum atomic E-state index is 8.74. The average molecular weight is 300 g/mol. The summed E-state index contributed by atoms with van der Waals surface area (Å²) in [5.41, 5.74) is 0. The molecule has 0 spiro atoms. The molecule has 0 radical (unpaired) electrons. The van der Waals surface area contributed by atoms with Crippen LogP contribution in [-0.4, -0.2) is 58.1 Å². The summed E-state index contributed by atoms with van der Waals surface area (Å²) >= 11 is 0. The van der Waals surface area contributed by atoms with E-state index in [0.29, 0.717) is 0 Å². The van der Waals surface area contributed by atoms with E-state index in [1.807, 2.05) is 0 Å². The Morgan fingerprint density at radius 1 is 0.786 bits per heavy atom. The maximum absolute atomic E-state index is 8.74. The van der Waals surface area contributed by atoms with Crippen LogP contribution in [0.25, 0.3) is 0 Å². The van der Waals surface area contributed by atoms with Gasteiger partial charge >= 0.3 is 73.4 Å². The Balaban J connectivity index is -0.00000000762. The molecule has 14 heavy (non-hydrogen) atoms. The molecule has 9 nitrogen and oxygen atoms in total. The van der Waals surface area contributed by atoms with Gasteiger partial charge in [-0.25, -0.2) is 0 Å². The smallest absolute Gasteiger partial charge is 1.00 e. The van der Waals surface area contributed by atoms with Crippen LogP contribution in [0.15, 0.2) is 0 Å². The zero-order valence-electron chi connectivity index (χ0n) is 10.1. The van der Waals surface area contributed by atoms with Gasteiger partial charge in [-0.05, 0) is 0 Å². The van der Waals surface area contributed by atoms with Gasteiger partial charge in [-0.1, -0.05) is 0 Å². The van der Waals surface area contributed by atoms with Gasteiger partial charge in [-0.2, -0.15) is 16.8 Å². The van der Waals surface area contributed by atoms with E-state index in [0.717, 1.165) is 0 Å². The van der Waals surface area contributed by atoms with Gasteiger partial charge < -0.3 is 10.4 Å². The van der Waals surface area contributed by atoms with E-state index in [1.54, 1.807) is 0 Å². The maximum Gasteiger partial charge on any atom is 2.00 e. The fourth-order valence-corrected chi connectivity index (χ4v) is 0. The van der Waals surface area contributed by atoms with Crippen LogP contribution in [0.2, 0.25) is 0 Å². The van der Waals surface area contributed by atoms with Crippen molar-refractivity contribution >= 4 is 56.3 Å². The summed E-state index contributed by atoms with van der Waals surface area (Å²) in [6.07, 6.45) is 0. The van der Waals surface area contributed by atoms with Gasteiger partial charge in [-0.3, -0.25) is 18.2 Å². The number of hydrogen-bond donors (Lipinski definition) is 5. The van der Waals surface area contributed by atoms with Crippen molar-refractivity contribution in [1.82, 2.24) is 6.15 Å². The summed E-state index contributed by atoms with van der Waals surface area (Å²) < 4.78 is 63.2. The number of halogens is 1. The summed E-state index contributed by atoms with van der Waals surface area (Å²) in [6, 6.07) is 0. The zero-order valence-corrected chi connectivity index (χ0v) is 12.9. The summed E-state index contributed by atoms with van der Waals surface area (Å²) in [4.78, 5) is 0. The topological polar surface area (TPSA) is 184 Å². The first-order valence-electron chi connectivity index (χ1n) is 1.40. The molecule has 86 valence electrons. The standard InChI is InChI=1S/ClH.Mg.H3N.Na.2H2O4S.3H/c;;;;2*1-5(2,3)4;;;/h1H;;1H3;;2*(H2,1,2,3,4);;;/q;+2;;+1;;;3*-1. The third-order valence-corrected chi connectivity index (χ3v) is 0. The molecule has 0 atom stereocenters. The zero-order chi connectivity index (χ0) is 9.00. The van der Waals surface area contributed by atoms with E-state index < -0.39 is 20.8 Å². The second-order valence-corrected chi connectivity index (χ2v) is 2.69. The van der Waals surface area contributed by atoms with Crippen LogP contribution < -0.4 is 35.7 Å². The van der Waals surface area contributed by atoms with Gasteiger partial charge in [0, 0.05) is 0 Å². The van der Waals surface area contributed by atoms with Gasteiger partial charge in [0.05, 0.1) is 0 Å².